The van der Waals surface area contributed by atoms with Gasteiger partial charge in [-0.15, -0.1) is 11.3 Å². The Balaban J connectivity index is 0.000000183. The van der Waals surface area contributed by atoms with E-state index in [2.05, 4.69) is 51.6 Å². The Hall–Kier alpha value is -13.0. The minimum absolute atomic E-state index is 0.0121. The van der Waals surface area contributed by atoms with Crippen LogP contribution in [0.2, 0.25) is 4.34 Å². The summed E-state index contributed by atoms with van der Waals surface area (Å²) in [6.07, 6.45) is -4.47. The number of ketones is 2. The molecular weight excluding hydrogens is 1760 g/mol. The summed E-state index contributed by atoms with van der Waals surface area (Å²) in [4.78, 5) is 113. The lowest BCUT2D eigenvalue weighted by molar-refractivity contribution is 0.101. The average Bonchev–Trinajstić information content (AvgIpc) is 1.39. The smallest absolute Gasteiger partial charge is 0.414 e. The van der Waals surface area contributed by atoms with Crippen LogP contribution < -0.4 is 52.2 Å². The number of methoxy groups -OCH3 is 3. The Bertz CT molecular complexity index is 5650. The first-order valence-corrected chi connectivity index (χ1v) is 43.0. The molecule has 1 aromatic heterocycles. The molecular formula is C90H98BrClN12O21S2. The first kappa shape index (κ1) is 99.4. The number of fused-ring (bicyclic) bond motifs is 6. The summed E-state index contributed by atoms with van der Waals surface area (Å²) in [5.41, 5.74) is 26.5. The third kappa shape index (κ3) is 28.0. The number of rotatable bonds is 18. The van der Waals surface area contributed by atoms with Crippen molar-refractivity contribution in [1.29, 1.82) is 0 Å². The molecule has 0 radical (unpaired) electrons. The standard InChI is InChI=1S/C17H19ClN2O5S2.C13H14N2O3.C13H18N2O3.C11H13NO3.C10H8N2O2.C9H8BrNO2.C9H9NO2.C8H9NO/c1-11-13-9-12(10-19-27(22,23)16-6-5-15(18)26-16)3-4-14(13)20(7-8-24-2)17(21)25-11;1-9-11-8-10(14-2)4-5-12(11)15(6-7-17-3)13(16)18-9;1-9-11-7-10(8-14)3-4-12(11)15(5-6-17-2)13(16)18-9;1-3-15-11(14)12-10-7-5-4-6-9(10)8(2)13;1-6-8-5-7(11-2)3-4-9(8)12-10(13)14-6;1-5-7-4-6(10)2-3-8(7)11-9(12)13-5;1-6-7-4-2-3-5-8(7)10-9(11)12-6;1-6(10)7-4-2-3-5-8(7)9/h3-6,9,11,19H,7-8,10H2,1-2H3;4-5,8-9H,6-7H2,1,3H3;3-4,7,9H,5-6,8,14H2,1-2H3;4-7H,3H2,1-2H3,(H,12,14);3-6H,1H3,(H,12,13);2-5H,1H3,(H,11,12);2-6H,1H3,(H,10,11);2-5H,9H2,1H3. The number of benzene rings is 8. The number of amides is 7. The number of carbonyl (C=O) groups excluding carboxylic acids is 9. The van der Waals surface area contributed by atoms with Crippen LogP contribution in [0.5, 0.6) is 0 Å². The highest BCUT2D eigenvalue weighted by Gasteiger charge is 2.34. The van der Waals surface area contributed by atoms with Crippen molar-refractivity contribution in [3.05, 3.63) is 263 Å². The number of nitrogen functional groups attached to an aromatic ring is 1. The topological polar surface area (TPSA) is 411 Å². The molecule has 0 bridgehead atoms. The van der Waals surface area contributed by atoms with Crippen LogP contribution in [0.15, 0.2) is 185 Å². The number of cyclic esters (lactones) is 6. The Morgan fingerprint density at radius 2 is 0.921 bits per heavy atom. The third-order valence-electron chi connectivity index (χ3n) is 19.2. The van der Waals surface area contributed by atoms with Crippen LogP contribution in [0.1, 0.15) is 164 Å². The molecule has 15 rings (SSSR count). The van der Waals surface area contributed by atoms with E-state index < -0.39 is 34.4 Å². The first-order chi connectivity index (χ1) is 60.7. The van der Waals surface area contributed by atoms with E-state index in [9.17, 15) is 51.6 Å². The van der Waals surface area contributed by atoms with Gasteiger partial charge in [0, 0.05) is 94.8 Å². The SMILES string of the molecule is CC(=O)c1ccccc1N.CC1OC(=O)Nc2ccc(Br)cc21.CC1OC(=O)Nc2ccccc21.CCOC(=O)Nc1ccccc1C(C)=O.COCCN1C(=O)OC(C)c2cc(CN)ccc21.COCCN1C(=O)OC(C)c2cc(CNS(=O)(=O)c3ccc(Cl)s3)ccc21.[C-]#[N+]c1ccc2c(c1)C(C)OC(=O)N2.[C-]#[N+]c1ccc2c(c1)C(C)OC(=O)N2CCOC. The molecule has 0 spiro atoms. The zero-order valence-corrected chi connectivity index (χ0v) is 75.6. The van der Waals surface area contributed by atoms with Gasteiger partial charge in [0.05, 0.1) is 97.7 Å². The van der Waals surface area contributed by atoms with Gasteiger partial charge < -0.3 is 58.8 Å². The van der Waals surface area contributed by atoms with Crippen molar-refractivity contribution in [3.8, 4) is 0 Å². The number of hydrogen-bond acceptors (Lipinski definition) is 24. The van der Waals surface area contributed by atoms with Crippen LogP contribution in [0, 0.1) is 13.1 Å². The number of anilines is 8. The lowest BCUT2D eigenvalue weighted by atomic mass is 10.0. The summed E-state index contributed by atoms with van der Waals surface area (Å²) < 4.78 is 79.4. The van der Waals surface area contributed by atoms with Gasteiger partial charge in [0.2, 0.25) is 10.0 Å². The largest absolute Gasteiger partial charge is 0.450 e. The maximum Gasteiger partial charge on any atom is 0.414 e. The zero-order chi connectivity index (χ0) is 92.8. The second kappa shape index (κ2) is 47.9. The van der Waals surface area contributed by atoms with E-state index in [1.54, 1.807) is 151 Å². The molecule has 9 aromatic rings. The number of ether oxygens (including phenoxy) is 10. The van der Waals surface area contributed by atoms with Gasteiger partial charge in [0.1, 0.15) is 40.8 Å². The molecule has 33 nitrogen and oxygen atoms in total. The van der Waals surface area contributed by atoms with Crippen molar-refractivity contribution in [1.82, 2.24) is 4.72 Å². The highest BCUT2D eigenvalue weighted by atomic mass is 79.9. The highest BCUT2D eigenvalue weighted by Crippen LogP contribution is 2.41. The quantitative estimate of drug-likeness (QED) is 0.0181. The van der Waals surface area contributed by atoms with Gasteiger partial charge in [-0.3, -0.25) is 45.6 Å². The van der Waals surface area contributed by atoms with Crippen LogP contribution in [0.3, 0.4) is 0 Å². The number of thiophene rings is 1. The maximum atomic E-state index is 12.3. The number of nitrogens with two attached hydrogens (primary N) is 2. The summed E-state index contributed by atoms with van der Waals surface area (Å²) in [6.45, 7) is 33.0. The van der Waals surface area contributed by atoms with Gasteiger partial charge >= 0.3 is 42.7 Å². The molecule has 6 aliphatic heterocycles. The molecule has 6 unspecified atom stereocenters. The Morgan fingerprint density at radius 3 is 1.39 bits per heavy atom. The van der Waals surface area contributed by atoms with Crippen LogP contribution in [0.4, 0.5) is 90.4 Å². The molecule has 6 atom stereocenters. The van der Waals surface area contributed by atoms with Gasteiger partial charge in [0.25, 0.3) is 0 Å². The second-order valence-electron chi connectivity index (χ2n) is 28.1. The van der Waals surface area contributed by atoms with Gasteiger partial charge in [0.15, 0.2) is 22.9 Å². The fourth-order valence-electron chi connectivity index (χ4n) is 12.9. The number of nitrogens with one attached hydrogen (secondary N) is 5. The van der Waals surface area contributed by atoms with Crippen LogP contribution in [-0.2, 0) is 70.5 Å². The van der Waals surface area contributed by atoms with E-state index in [1.165, 1.54) is 29.7 Å². The van der Waals surface area contributed by atoms with Crippen molar-refractivity contribution in [2.24, 2.45) is 5.73 Å². The summed E-state index contributed by atoms with van der Waals surface area (Å²) in [5.74, 6) is -0.0829. The van der Waals surface area contributed by atoms with E-state index in [0.29, 0.717) is 90.8 Å². The second-order valence-corrected chi connectivity index (χ2v) is 32.7. The molecule has 670 valence electrons. The highest BCUT2D eigenvalue weighted by molar-refractivity contribution is 9.10. The molecule has 9 N–H and O–H groups in total. The molecule has 7 amide bonds. The number of carbonyl (C=O) groups is 9. The van der Waals surface area contributed by atoms with E-state index in [0.717, 1.165) is 94.4 Å². The molecule has 0 saturated carbocycles. The zero-order valence-electron chi connectivity index (χ0n) is 71.6. The minimum atomic E-state index is -3.63. The number of hydrogen-bond donors (Lipinski definition) is 7. The van der Waals surface area contributed by atoms with Gasteiger partial charge in [-0.05, 0) is 183 Å². The van der Waals surface area contributed by atoms with E-state index >= 15 is 0 Å². The average molecular weight is 1860 g/mol. The van der Waals surface area contributed by atoms with Crippen molar-refractivity contribution >= 4 is 160 Å². The normalized spacial score (nSPS) is 16.7. The summed E-state index contributed by atoms with van der Waals surface area (Å²) in [7, 11) is 1.12. The molecule has 0 aliphatic carbocycles. The number of sulfonamides is 1. The van der Waals surface area contributed by atoms with E-state index in [-0.39, 0.29) is 77.2 Å². The Labute approximate surface area is 753 Å². The van der Waals surface area contributed by atoms with Crippen molar-refractivity contribution < 1.29 is 98.9 Å². The summed E-state index contributed by atoms with van der Waals surface area (Å²) >= 11 is 10.2. The molecule has 6 aliphatic rings. The molecule has 127 heavy (non-hydrogen) atoms. The van der Waals surface area contributed by atoms with E-state index in [4.69, 9.17) is 83.6 Å². The van der Waals surface area contributed by atoms with Gasteiger partial charge in [-0.1, -0.05) is 94.3 Å². The number of nitrogens with zero attached hydrogens (tertiary/aromatic N) is 5. The molecule has 0 saturated heterocycles. The number of Topliss-reactive ketones (excluding diaryl/α,β-unsaturated/α-hetero) is 2. The predicted octanol–water partition coefficient (Wildman–Crippen LogP) is 20.4. The Kier molecular flexibility index (Phi) is 37.5. The van der Waals surface area contributed by atoms with Crippen LogP contribution in [-0.4, -0.2) is 130 Å². The maximum absolute atomic E-state index is 12.3. The van der Waals surface area contributed by atoms with Gasteiger partial charge in [-0.25, -0.2) is 56.4 Å². The summed E-state index contributed by atoms with van der Waals surface area (Å²) in [6, 6.07) is 51.8. The molecule has 37 heteroatoms. The third-order valence-corrected chi connectivity index (χ3v) is 22.9. The monoisotopic (exact) mass is 1860 g/mol. The lowest BCUT2D eigenvalue weighted by Gasteiger charge is -2.32. The number of halogens is 2. The fourth-order valence-corrected chi connectivity index (χ4v) is 15.8. The van der Waals surface area contributed by atoms with Gasteiger partial charge in [-0.2, -0.15) is 0 Å². The van der Waals surface area contributed by atoms with Crippen molar-refractivity contribution in [2.45, 2.75) is 116 Å². The Morgan fingerprint density at radius 1 is 0.512 bits per heavy atom. The van der Waals surface area contributed by atoms with Crippen LogP contribution >= 0.6 is 38.9 Å². The predicted molar refractivity (Wildman–Crippen MR) is 486 cm³/mol. The van der Waals surface area contributed by atoms with E-state index in [1.807, 2.05) is 93.6 Å². The molecule has 7 heterocycles. The first-order valence-electron chi connectivity index (χ1n) is 39.5. The van der Waals surface area contributed by atoms with Crippen molar-refractivity contribution in [2.75, 3.05) is 109 Å². The summed E-state index contributed by atoms with van der Waals surface area (Å²) in [5, 5.41) is 10.4. The number of para-hydroxylation sites is 3. The van der Waals surface area contributed by atoms with Crippen molar-refractivity contribution in [3.63, 3.8) is 0 Å². The minimum Gasteiger partial charge on any atom is -0.450 e. The molecule has 8 aromatic carbocycles. The lowest BCUT2D eigenvalue weighted by Crippen LogP contribution is -2.39. The van der Waals surface area contributed by atoms with Crippen LogP contribution in [0.25, 0.3) is 9.69 Å². The molecule has 0 fully saturated rings. The fraction of sp³-hybridized carbons (Fsp3) is 0.300.